The summed E-state index contributed by atoms with van der Waals surface area (Å²) in [6.45, 7) is 2.11. The second kappa shape index (κ2) is 5.95. The van der Waals surface area contributed by atoms with Crippen molar-refractivity contribution in [3.63, 3.8) is 0 Å². The van der Waals surface area contributed by atoms with Gasteiger partial charge in [0.15, 0.2) is 0 Å². The molecule has 1 aliphatic rings. The van der Waals surface area contributed by atoms with E-state index < -0.39 is 11.5 Å². The molecule has 1 fully saturated rings. The fourth-order valence-electron chi connectivity index (χ4n) is 2.57. The molecular formula is C15H18BrNO3. The molecule has 1 amide bonds. The van der Waals surface area contributed by atoms with E-state index in [2.05, 4.69) is 28.2 Å². The highest BCUT2D eigenvalue weighted by atomic mass is 79.9. The summed E-state index contributed by atoms with van der Waals surface area (Å²) >= 11 is 3.31. The van der Waals surface area contributed by atoms with Crippen LogP contribution in [0.1, 0.15) is 43.0 Å². The van der Waals surface area contributed by atoms with E-state index in [0.29, 0.717) is 24.3 Å². The SMILES string of the molecule is CC1CCC(NC(=O)c2cccc(Br)c2)(C(=O)O)CC1. The first kappa shape index (κ1) is 15.0. The molecule has 108 valence electrons. The van der Waals surface area contributed by atoms with Gasteiger partial charge in [-0.1, -0.05) is 28.9 Å². The average molecular weight is 340 g/mol. The van der Waals surface area contributed by atoms with Crippen LogP contribution in [-0.4, -0.2) is 22.5 Å². The third-order valence-corrected chi connectivity index (χ3v) is 4.47. The van der Waals surface area contributed by atoms with Gasteiger partial charge in [-0.05, 0) is 49.8 Å². The molecule has 0 spiro atoms. The minimum absolute atomic E-state index is 0.330. The third kappa shape index (κ3) is 3.20. The van der Waals surface area contributed by atoms with E-state index in [-0.39, 0.29) is 5.91 Å². The van der Waals surface area contributed by atoms with E-state index >= 15 is 0 Å². The smallest absolute Gasteiger partial charge is 0.329 e. The zero-order chi connectivity index (χ0) is 14.8. The Balaban J connectivity index is 2.17. The van der Waals surface area contributed by atoms with E-state index in [0.717, 1.165) is 17.3 Å². The number of aliphatic carboxylic acids is 1. The van der Waals surface area contributed by atoms with Crippen molar-refractivity contribution in [2.24, 2.45) is 5.92 Å². The van der Waals surface area contributed by atoms with E-state index in [9.17, 15) is 14.7 Å². The lowest BCUT2D eigenvalue weighted by atomic mass is 9.77. The van der Waals surface area contributed by atoms with Gasteiger partial charge in [-0.2, -0.15) is 0 Å². The molecule has 20 heavy (non-hydrogen) atoms. The average Bonchev–Trinajstić information content (AvgIpc) is 2.41. The van der Waals surface area contributed by atoms with Crippen LogP contribution < -0.4 is 5.32 Å². The van der Waals surface area contributed by atoms with Gasteiger partial charge in [-0.15, -0.1) is 0 Å². The van der Waals surface area contributed by atoms with Crippen LogP contribution >= 0.6 is 15.9 Å². The maximum absolute atomic E-state index is 12.3. The van der Waals surface area contributed by atoms with Crippen LogP contribution in [0.5, 0.6) is 0 Å². The quantitative estimate of drug-likeness (QED) is 0.888. The summed E-state index contributed by atoms with van der Waals surface area (Å²) in [5.41, 5.74) is -0.648. The second-order valence-corrected chi connectivity index (χ2v) is 6.45. The summed E-state index contributed by atoms with van der Waals surface area (Å²) in [4.78, 5) is 23.9. The minimum Gasteiger partial charge on any atom is -0.480 e. The molecule has 0 atom stereocenters. The predicted octanol–water partition coefficient (Wildman–Crippen LogP) is 3.21. The van der Waals surface area contributed by atoms with Crippen LogP contribution in [0.15, 0.2) is 28.7 Å². The Kier molecular flexibility index (Phi) is 4.48. The summed E-state index contributed by atoms with van der Waals surface area (Å²) in [5.74, 6) is -0.749. The third-order valence-electron chi connectivity index (χ3n) is 3.98. The summed E-state index contributed by atoms with van der Waals surface area (Å²) < 4.78 is 0.798. The number of carbonyl (C=O) groups excluding carboxylic acids is 1. The van der Waals surface area contributed by atoms with Gasteiger partial charge in [0.1, 0.15) is 5.54 Å². The van der Waals surface area contributed by atoms with Crippen LogP contribution in [-0.2, 0) is 4.79 Å². The van der Waals surface area contributed by atoms with Crippen molar-refractivity contribution < 1.29 is 14.7 Å². The zero-order valence-electron chi connectivity index (χ0n) is 11.4. The lowest BCUT2D eigenvalue weighted by Gasteiger charge is -2.36. The predicted molar refractivity (Wildman–Crippen MR) is 79.6 cm³/mol. The van der Waals surface area contributed by atoms with E-state index in [4.69, 9.17) is 0 Å². The van der Waals surface area contributed by atoms with Crippen LogP contribution in [0.3, 0.4) is 0 Å². The summed E-state index contributed by atoms with van der Waals surface area (Å²) in [6.07, 6.45) is 2.63. The first-order valence-corrected chi connectivity index (χ1v) is 7.54. The molecule has 0 unspecified atom stereocenters. The number of carboxylic acids is 1. The molecule has 0 aliphatic heterocycles. The number of hydrogen-bond donors (Lipinski definition) is 2. The van der Waals surface area contributed by atoms with E-state index in [1.165, 1.54) is 0 Å². The standard InChI is InChI=1S/C15H18BrNO3/c1-10-5-7-15(8-6-10,14(19)20)17-13(18)11-3-2-4-12(16)9-11/h2-4,9-10H,5-8H2,1H3,(H,17,18)(H,19,20). The van der Waals surface area contributed by atoms with E-state index in [1.807, 2.05) is 6.07 Å². The Hall–Kier alpha value is -1.36. The molecule has 1 saturated carbocycles. The first-order valence-electron chi connectivity index (χ1n) is 6.74. The van der Waals surface area contributed by atoms with Crippen LogP contribution in [0.4, 0.5) is 0 Å². The fourth-order valence-corrected chi connectivity index (χ4v) is 2.97. The maximum Gasteiger partial charge on any atom is 0.329 e. The largest absolute Gasteiger partial charge is 0.480 e. The molecule has 1 aliphatic carbocycles. The molecule has 0 saturated heterocycles. The lowest BCUT2D eigenvalue weighted by Crippen LogP contribution is -2.56. The van der Waals surface area contributed by atoms with Gasteiger partial charge in [-0.25, -0.2) is 4.79 Å². The Bertz CT molecular complexity index is 522. The van der Waals surface area contributed by atoms with Crippen molar-refractivity contribution in [2.45, 2.75) is 38.1 Å². The first-order chi connectivity index (χ1) is 9.43. The number of hydrogen-bond acceptors (Lipinski definition) is 2. The number of halogens is 1. The number of carbonyl (C=O) groups is 2. The van der Waals surface area contributed by atoms with Crippen molar-refractivity contribution in [1.82, 2.24) is 5.32 Å². The molecule has 1 aromatic rings. The normalized spacial score (nSPS) is 26.0. The molecule has 2 rings (SSSR count). The number of nitrogens with one attached hydrogen (secondary N) is 1. The minimum atomic E-state index is -1.12. The Labute approximate surface area is 126 Å². The monoisotopic (exact) mass is 339 g/mol. The Morgan fingerprint density at radius 3 is 2.55 bits per heavy atom. The molecule has 2 N–H and O–H groups in total. The fraction of sp³-hybridized carbons (Fsp3) is 0.467. The van der Waals surface area contributed by atoms with Gasteiger partial charge in [0.2, 0.25) is 0 Å². The summed E-state index contributed by atoms with van der Waals surface area (Å²) in [6, 6.07) is 6.96. The molecule has 5 heteroatoms. The number of rotatable bonds is 3. The highest BCUT2D eigenvalue weighted by Gasteiger charge is 2.42. The summed E-state index contributed by atoms with van der Waals surface area (Å²) in [7, 11) is 0. The van der Waals surface area contributed by atoms with Crippen molar-refractivity contribution in [2.75, 3.05) is 0 Å². The maximum atomic E-state index is 12.3. The Morgan fingerprint density at radius 1 is 1.35 bits per heavy atom. The molecule has 1 aromatic carbocycles. The number of amides is 1. The van der Waals surface area contributed by atoms with Crippen LogP contribution in [0.25, 0.3) is 0 Å². The molecule has 0 bridgehead atoms. The Morgan fingerprint density at radius 2 is 2.00 bits per heavy atom. The number of carboxylic acid groups (broad SMARTS) is 1. The molecule has 0 heterocycles. The summed E-state index contributed by atoms with van der Waals surface area (Å²) in [5, 5.41) is 12.2. The van der Waals surface area contributed by atoms with Crippen molar-refractivity contribution in [1.29, 1.82) is 0 Å². The molecular weight excluding hydrogens is 322 g/mol. The highest BCUT2D eigenvalue weighted by molar-refractivity contribution is 9.10. The van der Waals surface area contributed by atoms with Crippen LogP contribution in [0.2, 0.25) is 0 Å². The second-order valence-electron chi connectivity index (χ2n) is 5.53. The molecule has 0 aromatic heterocycles. The van der Waals surface area contributed by atoms with Crippen molar-refractivity contribution in [3.05, 3.63) is 34.3 Å². The van der Waals surface area contributed by atoms with E-state index in [1.54, 1.807) is 18.2 Å². The highest BCUT2D eigenvalue weighted by Crippen LogP contribution is 2.32. The van der Waals surface area contributed by atoms with Gasteiger partial charge >= 0.3 is 5.97 Å². The topological polar surface area (TPSA) is 66.4 Å². The van der Waals surface area contributed by atoms with Gasteiger partial charge < -0.3 is 10.4 Å². The van der Waals surface area contributed by atoms with Gasteiger partial charge in [0.25, 0.3) is 5.91 Å². The van der Waals surface area contributed by atoms with Crippen molar-refractivity contribution in [3.8, 4) is 0 Å². The van der Waals surface area contributed by atoms with Gasteiger partial charge in [-0.3, -0.25) is 4.79 Å². The zero-order valence-corrected chi connectivity index (χ0v) is 12.9. The van der Waals surface area contributed by atoms with Crippen molar-refractivity contribution >= 4 is 27.8 Å². The number of benzene rings is 1. The molecule has 0 radical (unpaired) electrons. The van der Waals surface area contributed by atoms with Gasteiger partial charge in [0.05, 0.1) is 0 Å². The van der Waals surface area contributed by atoms with Crippen LogP contribution in [0, 0.1) is 5.92 Å². The van der Waals surface area contributed by atoms with Gasteiger partial charge in [0, 0.05) is 10.0 Å². The lowest BCUT2D eigenvalue weighted by molar-refractivity contribution is -0.146. The molecule has 4 nitrogen and oxygen atoms in total.